The number of hydrogen-bond acceptors (Lipinski definition) is 2. The van der Waals surface area contributed by atoms with E-state index in [2.05, 4.69) is 5.32 Å². The molecule has 0 atom stereocenters. The summed E-state index contributed by atoms with van der Waals surface area (Å²) in [7, 11) is 1.63. The number of anilines is 1. The van der Waals surface area contributed by atoms with Crippen LogP contribution in [0.5, 0.6) is 5.75 Å². The lowest BCUT2D eigenvalue weighted by atomic mass is 9.96. The molecule has 0 fully saturated rings. The van der Waals surface area contributed by atoms with E-state index < -0.39 is 0 Å². The van der Waals surface area contributed by atoms with E-state index in [9.17, 15) is 4.79 Å². The molecule has 4 rings (SSSR count). The largest absolute Gasteiger partial charge is 0.496 e. The van der Waals surface area contributed by atoms with Crippen LogP contribution in [0.1, 0.15) is 22.7 Å². The summed E-state index contributed by atoms with van der Waals surface area (Å²) in [5.74, 6) is 0.717. The second-order valence-corrected chi connectivity index (χ2v) is 8.54. The smallest absolute Gasteiger partial charge is 0.322 e. The third-order valence-electron chi connectivity index (χ3n) is 5.51. The van der Waals surface area contributed by atoms with Gasteiger partial charge in [0.25, 0.3) is 0 Å². The van der Waals surface area contributed by atoms with E-state index in [0.29, 0.717) is 22.3 Å². The minimum Gasteiger partial charge on any atom is -0.496 e. The Morgan fingerprint density at radius 1 is 0.824 bits per heavy atom. The number of halogens is 2. The molecule has 4 aromatic carbocycles. The highest BCUT2D eigenvalue weighted by Crippen LogP contribution is 2.33. The van der Waals surface area contributed by atoms with Gasteiger partial charge in [-0.15, -0.1) is 0 Å². The van der Waals surface area contributed by atoms with Gasteiger partial charge in [-0.25, -0.2) is 4.79 Å². The molecule has 0 bridgehead atoms. The molecule has 0 aliphatic carbocycles. The summed E-state index contributed by atoms with van der Waals surface area (Å²) in [6, 6.07) is 32.1. The molecule has 0 unspecified atom stereocenters. The number of urea groups is 1. The predicted molar refractivity (Wildman–Crippen MR) is 139 cm³/mol. The molecule has 0 heterocycles. The van der Waals surface area contributed by atoms with Crippen LogP contribution in [0, 0.1) is 0 Å². The predicted octanol–water partition coefficient (Wildman–Crippen LogP) is 7.83. The Hall–Kier alpha value is -3.47. The fraction of sp³-hybridized carbons (Fsp3) is 0.107. The van der Waals surface area contributed by atoms with Gasteiger partial charge < -0.3 is 15.0 Å². The van der Waals surface area contributed by atoms with Crippen LogP contribution in [0.2, 0.25) is 10.0 Å². The lowest BCUT2D eigenvalue weighted by Crippen LogP contribution is -2.38. The monoisotopic (exact) mass is 490 g/mol. The third kappa shape index (κ3) is 5.53. The van der Waals surface area contributed by atoms with Crippen LogP contribution in [-0.2, 0) is 6.54 Å². The molecule has 4 aromatic rings. The van der Waals surface area contributed by atoms with Crippen LogP contribution in [0.25, 0.3) is 0 Å². The van der Waals surface area contributed by atoms with Crippen LogP contribution < -0.4 is 10.1 Å². The number of nitrogens with zero attached hydrogens (tertiary/aromatic N) is 1. The van der Waals surface area contributed by atoms with Crippen molar-refractivity contribution in [3.63, 3.8) is 0 Å². The third-order valence-corrected chi connectivity index (χ3v) is 6.25. The fourth-order valence-corrected chi connectivity index (χ4v) is 4.19. The zero-order chi connectivity index (χ0) is 23.9. The van der Waals surface area contributed by atoms with Gasteiger partial charge in [-0.1, -0.05) is 102 Å². The zero-order valence-corrected chi connectivity index (χ0v) is 20.1. The molecular weight excluding hydrogens is 467 g/mol. The quantitative estimate of drug-likeness (QED) is 0.286. The maximum absolute atomic E-state index is 13.8. The van der Waals surface area contributed by atoms with Crippen molar-refractivity contribution in [2.24, 2.45) is 0 Å². The summed E-state index contributed by atoms with van der Waals surface area (Å²) in [5.41, 5.74) is 3.44. The van der Waals surface area contributed by atoms with E-state index in [0.717, 1.165) is 22.4 Å². The normalized spacial score (nSPS) is 10.7. The van der Waals surface area contributed by atoms with Crippen LogP contribution in [0.3, 0.4) is 0 Å². The Kier molecular flexibility index (Phi) is 7.73. The van der Waals surface area contributed by atoms with E-state index in [1.807, 2.05) is 84.9 Å². The van der Waals surface area contributed by atoms with Gasteiger partial charge in [0.05, 0.1) is 29.7 Å². The summed E-state index contributed by atoms with van der Waals surface area (Å²) in [4.78, 5) is 15.6. The highest BCUT2D eigenvalue weighted by Gasteiger charge is 2.28. The van der Waals surface area contributed by atoms with Gasteiger partial charge in [0.2, 0.25) is 0 Å². The summed E-state index contributed by atoms with van der Waals surface area (Å²) < 4.78 is 5.57. The number of carbonyl (C=O) groups is 1. The Bertz CT molecular complexity index is 1210. The van der Waals surface area contributed by atoms with E-state index >= 15 is 0 Å². The molecule has 0 radical (unpaired) electrons. The molecule has 4 nitrogen and oxygen atoms in total. The maximum atomic E-state index is 13.8. The number of benzene rings is 4. The molecule has 0 spiro atoms. The number of ether oxygens (including phenoxy) is 1. The van der Waals surface area contributed by atoms with Gasteiger partial charge in [0.15, 0.2) is 0 Å². The molecule has 6 heteroatoms. The first-order chi connectivity index (χ1) is 16.6. The van der Waals surface area contributed by atoms with Crippen molar-refractivity contribution in [2.45, 2.75) is 12.6 Å². The molecular formula is C28H24Cl2N2O2. The van der Waals surface area contributed by atoms with Crippen LogP contribution in [0.4, 0.5) is 10.5 Å². The minimum absolute atomic E-state index is 0.276. The average molecular weight is 491 g/mol. The first-order valence-corrected chi connectivity index (χ1v) is 11.6. The SMILES string of the molecule is COc1ccccc1CN(C(=O)Nc1ccc(Cl)c(Cl)c1)C(c1ccccc1)c1ccccc1. The molecule has 0 aromatic heterocycles. The Morgan fingerprint density at radius 2 is 1.41 bits per heavy atom. The average Bonchev–Trinajstić information content (AvgIpc) is 2.87. The topological polar surface area (TPSA) is 41.6 Å². The van der Waals surface area contributed by atoms with E-state index in [-0.39, 0.29) is 12.1 Å². The Balaban J connectivity index is 1.79. The van der Waals surface area contributed by atoms with E-state index in [1.165, 1.54) is 0 Å². The zero-order valence-electron chi connectivity index (χ0n) is 18.6. The first-order valence-electron chi connectivity index (χ1n) is 10.8. The van der Waals surface area contributed by atoms with Crippen LogP contribution in [-0.4, -0.2) is 18.0 Å². The number of methoxy groups -OCH3 is 1. The van der Waals surface area contributed by atoms with Crippen molar-refractivity contribution in [1.29, 1.82) is 0 Å². The number of para-hydroxylation sites is 1. The van der Waals surface area contributed by atoms with Crippen molar-refractivity contribution in [3.05, 3.63) is 130 Å². The molecule has 0 aliphatic heterocycles. The fourth-order valence-electron chi connectivity index (χ4n) is 3.89. The molecule has 34 heavy (non-hydrogen) atoms. The molecule has 172 valence electrons. The Labute approximate surface area is 209 Å². The van der Waals surface area contributed by atoms with Gasteiger partial charge >= 0.3 is 6.03 Å². The minimum atomic E-state index is -0.338. The van der Waals surface area contributed by atoms with Crippen molar-refractivity contribution in [1.82, 2.24) is 4.90 Å². The molecule has 0 saturated carbocycles. The van der Waals surface area contributed by atoms with E-state index in [4.69, 9.17) is 27.9 Å². The van der Waals surface area contributed by atoms with E-state index in [1.54, 1.807) is 30.2 Å². The van der Waals surface area contributed by atoms with Gasteiger partial charge in [-0.05, 0) is 35.4 Å². The molecule has 1 N–H and O–H groups in total. The molecule has 2 amide bonds. The maximum Gasteiger partial charge on any atom is 0.322 e. The van der Waals surface area contributed by atoms with Gasteiger partial charge in [-0.2, -0.15) is 0 Å². The van der Waals surface area contributed by atoms with Crippen molar-refractivity contribution >= 4 is 34.9 Å². The van der Waals surface area contributed by atoms with Crippen molar-refractivity contribution in [2.75, 3.05) is 12.4 Å². The van der Waals surface area contributed by atoms with Crippen molar-refractivity contribution in [3.8, 4) is 5.75 Å². The summed E-state index contributed by atoms with van der Waals surface area (Å²) in [6.07, 6.45) is 0. The van der Waals surface area contributed by atoms with Gasteiger partial charge in [0.1, 0.15) is 5.75 Å². The highest BCUT2D eigenvalue weighted by molar-refractivity contribution is 6.42. The first kappa shape index (κ1) is 23.7. The number of hydrogen-bond donors (Lipinski definition) is 1. The highest BCUT2D eigenvalue weighted by atomic mass is 35.5. The Morgan fingerprint density at radius 3 is 2.00 bits per heavy atom. The number of carbonyl (C=O) groups excluding carboxylic acids is 1. The van der Waals surface area contributed by atoms with Crippen LogP contribution in [0.15, 0.2) is 103 Å². The summed E-state index contributed by atoms with van der Waals surface area (Å²) >= 11 is 12.2. The summed E-state index contributed by atoms with van der Waals surface area (Å²) in [5, 5.41) is 3.79. The second kappa shape index (κ2) is 11.1. The van der Waals surface area contributed by atoms with Crippen LogP contribution >= 0.6 is 23.2 Å². The summed E-state index contributed by atoms with van der Waals surface area (Å²) in [6.45, 7) is 0.325. The lowest BCUT2D eigenvalue weighted by Gasteiger charge is -2.33. The van der Waals surface area contributed by atoms with Gasteiger partial charge in [-0.3, -0.25) is 0 Å². The van der Waals surface area contributed by atoms with Crippen molar-refractivity contribution < 1.29 is 9.53 Å². The molecule has 0 aliphatic rings. The standard InChI is InChI=1S/C28H24Cl2N2O2/c1-34-26-15-9-8-14-22(26)19-32(28(33)31-23-16-17-24(29)25(30)18-23)27(20-10-4-2-5-11-20)21-12-6-3-7-13-21/h2-18,27H,19H2,1H3,(H,31,33). The number of nitrogens with one attached hydrogen (secondary N) is 1. The molecule has 0 saturated heterocycles. The lowest BCUT2D eigenvalue weighted by molar-refractivity contribution is 0.193. The van der Waals surface area contributed by atoms with Gasteiger partial charge in [0, 0.05) is 11.3 Å². The second-order valence-electron chi connectivity index (χ2n) is 7.72. The number of amides is 2. The number of rotatable bonds is 7.